The van der Waals surface area contributed by atoms with E-state index in [-0.39, 0.29) is 17.6 Å². The number of nitro groups is 1. The molecule has 1 unspecified atom stereocenters. The average molecular weight is 399 g/mol. The lowest BCUT2D eigenvalue weighted by Gasteiger charge is -2.21. The highest BCUT2D eigenvalue weighted by molar-refractivity contribution is 6.30. The molecule has 0 aliphatic carbocycles. The quantitative estimate of drug-likeness (QED) is 0.480. The molecule has 0 radical (unpaired) electrons. The molecule has 28 heavy (non-hydrogen) atoms. The summed E-state index contributed by atoms with van der Waals surface area (Å²) in [5.74, 6) is 0.586. The number of carbonyl (C=O) groups excluding carboxylic acids is 1. The van der Waals surface area contributed by atoms with Crippen molar-refractivity contribution in [2.45, 2.75) is 18.9 Å². The van der Waals surface area contributed by atoms with Crippen LogP contribution in [0.15, 0.2) is 53.1 Å². The first-order valence-electron chi connectivity index (χ1n) is 8.68. The summed E-state index contributed by atoms with van der Waals surface area (Å²) in [7, 11) is 0. The molecule has 2 heterocycles. The molecule has 1 atom stereocenters. The van der Waals surface area contributed by atoms with E-state index in [0.717, 1.165) is 12.0 Å². The highest BCUT2D eigenvalue weighted by Crippen LogP contribution is 2.33. The number of amides is 1. The molecule has 0 N–H and O–H groups in total. The number of carbonyl (C=O) groups is 1. The number of likely N-dealkylation sites (tertiary alicyclic amines) is 1. The molecule has 9 heteroatoms. The van der Waals surface area contributed by atoms with Crippen LogP contribution >= 0.6 is 11.6 Å². The summed E-state index contributed by atoms with van der Waals surface area (Å²) in [6, 6.07) is 12.3. The minimum absolute atomic E-state index is 0.0565. The summed E-state index contributed by atoms with van der Waals surface area (Å²) < 4.78 is 5.42. The van der Waals surface area contributed by atoms with E-state index in [2.05, 4.69) is 10.1 Å². The van der Waals surface area contributed by atoms with E-state index >= 15 is 0 Å². The summed E-state index contributed by atoms with van der Waals surface area (Å²) in [6.45, 7) is 0.555. The number of hydrogen-bond donors (Lipinski definition) is 0. The van der Waals surface area contributed by atoms with E-state index in [1.54, 1.807) is 29.2 Å². The highest BCUT2D eigenvalue weighted by Gasteiger charge is 2.34. The van der Waals surface area contributed by atoms with Gasteiger partial charge in [0.05, 0.1) is 4.92 Å². The average Bonchev–Trinajstić information content (AvgIpc) is 3.37. The van der Waals surface area contributed by atoms with Crippen molar-refractivity contribution in [1.82, 2.24) is 15.0 Å². The lowest BCUT2D eigenvalue weighted by Crippen LogP contribution is -2.30. The lowest BCUT2D eigenvalue weighted by atomic mass is 10.1. The van der Waals surface area contributed by atoms with Crippen LogP contribution in [0, 0.1) is 10.1 Å². The smallest absolute Gasteiger partial charge is 0.269 e. The van der Waals surface area contributed by atoms with Crippen molar-refractivity contribution in [2.24, 2.45) is 0 Å². The van der Waals surface area contributed by atoms with E-state index in [9.17, 15) is 14.9 Å². The van der Waals surface area contributed by atoms with Gasteiger partial charge < -0.3 is 9.42 Å². The monoisotopic (exact) mass is 398 g/mol. The predicted molar refractivity (Wildman–Crippen MR) is 101 cm³/mol. The van der Waals surface area contributed by atoms with Crippen molar-refractivity contribution in [2.75, 3.05) is 6.54 Å². The van der Waals surface area contributed by atoms with Crippen molar-refractivity contribution in [3.8, 4) is 11.4 Å². The third-order valence-corrected chi connectivity index (χ3v) is 4.92. The van der Waals surface area contributed by atoms with Crippen LogP contribution in [0.25, 0.3) is 11.4 Å². The van der Waals surface area contributed by atoms with Gasteiger partial charge in [-0.1, -0.05) is 16.8 Å². The largest absolute Gasteiger partial charge is 0.337 e. The fourth-order valence-corrected chi connectivity index (χ4v) is 3.37. The first kappa shape index (κ1) is 18.1. The number of aromatic nitrogens is 2. The Morgan fingerprint density at radius 2 is 1.89 bits per heavy atom. The summed E-state index contributed by atoms with van der Waals surface area (Å²) in [6.07, 6.45) is 1.52. The van der Waals surface area contributed by atoms with Crippen molar-refractivity contribution < 1.29 is 14.2 Å². The molecule has 0 saturated carbocycles. The van der Waals surface area contributed by atoms with Gasteiger partial charge in [0.25, 0.3) is 11.6 Å². The van der Waals surface area contributed by atoms with Crippen LogP contribution in [0.4, 0.5) is 5.69 Å². The molecule has 1 saturated heterocycles. The molecular weight excluding hydrogens is 384 g/mol. The van der Waals surface area contributed by atoms with Gasteiger partial charge in [-0.05, 0) is 49.2 Å². The minimum atomic E-state index is -0.496. The van der Waals surface area contributed by atoms with Gasteiger partial charge in [0.15, 0.2) is 0 Å². The summed E-state index contributed by atoms with van der Waals surface area (Å²) >= 11 is 5.90. The number of halogens is 1. The Labute approximate surface area is 164 Å². The van der Waals surface area contributed by atoms with Crippen molar-refractivity contribution in [3.05, 3.63) is 75.1 Å². The number of hydrogen-bond acceptors (Lipinski definition) is 6. The molecule has 1 amide bonds. The van der Waals surface area contributed by atoms with Gasteiger partial charge in [-0.15, -0.1) is 0 Å². The first-order chi connectivity index (χ1) is 13.5. The second-order valence-electron chi connectivity index (χ2n) is 6.42. The van der Waals surface area contributed by atoms with E-state index < -0.39 is 4.92 Å². The second kappa shape index (κ2) is 7.40. The topological polar surface area (TPSA) is 102 Å². The highest BCUT2D eigenvalue weighted by atomic mass is 35.5. The number of nitro benzene ring substituents is 1. The molecule has 142 valence electrons. The maximum absolute atomic E-state index is 12.9. The van der Waals surface area contributed by atoms with E-state index in [1.165, 1.54) is 24.3 Å². The maximum atomic E-state index is 12.9. The molecule has 1 aliphatic rings. The number of benzene rings is 2. The molecule has 1 fully saturated rings. The first-order valence-corrected chi connectivity index (χ1v) is 9.06. The fraction of sp³-hybridized carbons (Fsp3) is 0.211. The van der Waals surface area contributed by atoms with Crippen LogP contribution in [-0.4, -0.2) is 32.4 Å². The van der Waals surface area contributed by atoms with Crippen LogP contribution in [0.5, 0.6) is 0 Å². The van der Waals surface area contributed by atoms with Gasteiger partial charge in [0.2, 0.25) is 11.7 Å². The Hall–Kier alpha value is -3.26. The Kier molecular flexibility index (Phi) is 4.79. The number of rotatable bonds is 4. The third-order valence-electron chi connectivity index (χ3n) is 4.67. The van der Waals surface area contributed by atoms with Gasteiger partial charge in [-0.2, -0.15) is 4.98 Å². The Morgan fingerprint density at radius 3 is 2.57 bits per heavy atom. The van der Waals surface area contributed by atoms with E-state index in [0.29, 0.717) is 35.3 Å². The minimum Gasteiger partial charge on any atom is -0.337 e. The Balaban J connectivity index is 1.56. The van der Waals surface area contributed by atoms with E-state index in [1.807, 2.05) is 0 Å². The van der Waals surface area contributed by atoms with Crippen LogP contribution in [0.3, 0.4) is 0 Å². The molecule has 4 rings (SSSR count). The zero-order chi connectivity index (χ0) is 19.7. The van der Waals surface area contributed by atoms with Gasteiger partial charge in [-0.25, -0.2) is 0 Å². The van der Waals surface area contributed by atoms with Crippen molar-refractivity contribution >= 4 is 23.2 Å². The van der Waals surface area contributed by atoms with Crippen LogP contribution in [-0.2, 0) is 0 Å². The summed E-state index contributed by atoms with van der Waals surface area (Å²) in [5.41, 5.74) is 1.10. The molecule has 2 aromatic carbocycles. The van der Waals surface area contributed by atoms with E-state index in [4.69, 9.17) is 16.1 Å². The predicted octanol–water partition coefficient (Wildman–Crippen LogP) is 4.28. The molecule has 1 aromatic heterocycles. The van der Waals surface area contributed by atoms with Crippen LogP contribution in [0.2, 0.25) is 5.02 Å². The zero-order valence-corrected chi connectivity index (χ0v) is 15.4. The molecule has 3 aromatic rings. The van der Waals surface area contributed by atoms with Gasteiger partial charge in [0, 0.05) is 34.8 Å². The Morgan fingerprint density at radius 1 is 1.18 bits per heavy atom. The normalized spacial score (nSPS) is 16.3. The summed E-state index contributed by atoms with van der Waals surface area (Å²) in [5, 5.41) is 15.4. The number of non-ortho nitro benzene ring substituents is 1. The zero-order valence-electron chi connectivity index (χ0n) is 14.6. The van der Waals surface area contributed by atoms with Gasteiger partial charge in [0.1, 0.15) is 6.04 Å². The summed E-state index contributed by atoms with van der Waals surface area (Å²) in [4.78, 5) is 29.3. The fourth-order valence-electron chi connectivity index (χ4n) is 3.24. The van der Waals surface area contributed by atoms with Crippen molar-refractivity contribution in [1.29, 1.82) is 0 Å². The second-order valence-corrected chi connectivity index (χ2v) is 6.86. The standard InChI is InChI=1S/C19H15ClN4O4/c20-14-7-3-12(4-8-14)17-21-18(28-22-17)16-2-1-11-23(16)19(25)13-5-9-15(10-6-13)24(26)27/h3-10,16H,1-2,11H2. The molecular formula is C19H15ClN4O4. The molecule has 0 spiro atoms. The SMILES string of the molecule is O=C(c1ccc([N+](=O)[O-])cc1)N1CCCC1c1nc(-c2ccc(Cl)cc2)no1. The molecule has 0 bridgehead atoms. The third kappa shape index (κ3) is 3.46. The Bertz CT molecular complexity index is 1020. The van der Waals surface area contributed by atoms with Crippen LogP contribution in [0.1, 0.15) is 35.1 Å². The lowest BCUT2D eigenvalue weighted by molar-refractivity contribution is -0.384. The van der Waals surface area contributed by atoms with Crippen molar-refractivity contribution in [3.63, 3.8) is 0 Å². The molecule has 1 aliphatic heterocycles. The van der Waals surface area contributed by atoms with Crippen LogP contribution < -0.4 is 0 Å². The number of nitrogens with zero attached hydrogens (tertiary/aromatic N) is 4. The molecule has 8 nitrogen and oxygen atoms in total. The maximum Gasteiger partial charge on any atom is 0.269 e. The van der Waals surface area contributed by atoms with Gasteiger partial charge in [-0.3, -0.25) is 14.9 Å². The van der Waals surface area contributed by atoms with Gasteiger partial charge >= 0.3 is 0 Å².